The lowest BCUT2D eigenvalue weighted by Crippen LogP contribution is -2.24. The first-order chi connectivity index (χ1) is 10.1. The first-order valence-corrected chi connectivity index (χ1v) is 7.42. The summed E-state index contributed by atoms with van der Waals surface area (Å²) in [5, 5.41) is 7.64. The van der Waals surface area contributed by atoms with Crippen LogP contribution in [-0.4, -0.2) is 10.8 Å². The Balaban J connectivity index is 1.84. The average molecular weight is 364 g/mol. The van der Waals surface area contributed by atoms with Crippen LogP contribution in [0, 0.1) is 0 Å². The molecule has 2 N–H and O–H groups in total. The van der Waals surface area contributed by atoms with Crippen molar-refractivity contribution in [1.29, 1.82) is 0 Å². The number of halogens is 1. The quantitative estimate of drug-likeness (QED) is 0.479. The van der Waals surface area contributed by atoms with Crippen molar-refractivity contribution in [3.05, 3.63) is 59.0 Å². The van der Waals surface area contributed by atoms with Crippen molar-refractivity contribution in [2.24, 2.45) is 5.10 Å². The number of rotatable bonds is 4. The molecule has 0 atom stereocenters. The van der Waals surface area contributed by atoms with Gasteiger partial charge in [0, 0.05) is 10.2 Å². The molecule has 0 saturated carbocycles. The topological polar surface area (TPSA) is 49.6 Å². The van der Waals surface area contributed by atoms with Gasteiger partial charge in [0.15, 0.2) is 5.11 Å². The highest BCUT2D eigenvalue weighted by atomic mass is 79.9. The zero-order chi connectivity index (χ0) is 15.1. The van der Waals surface area contributed by atoms with E-state index in [1.165, 1.54) is 0 Å². The van der Waals surface area contributed by atoms with E-state index < -0.39 is 0 Å². The van der Waals surface area contributed by atoms with Gasteiger partial charge in [0.1, 0.15) is 5.76 Å². The summed E-state index contributed by atoms with van der Waals surface area (Å²) in [6, 6.07) is 11.4. The minimum absolute atomic E-state index is 0.433. The lowest BCUT2D eigenvalue weighted by atomic mass is 10.3. The molecule has 0 unspecified atom stereocenters. The van der Waals surface area contributed by atoms with Crippen LogP contribution in [0.4, 0.5) is 5.69 Å². The van der Waals surface area contributed by atoms with Crippen molar-refractivity contribution >= 4 is 50.7 Å². The third-order valence-electron chi connectivity index (χ3n) is 2.47. The molecule has 0 fully saturated rings. The number of benzene rings is 1. The maximum absolute atomic E-state index is 5.19. The minimum Gasteiger partial charge on any atom is -0.465 e. The van der Waals surface area contributed by atoms with E-state index in [-0.39, 0.29) is 0 Å². The Morgan fingerprint density at radius 2 is 2.05 bits per heavy atom. The molecule has 21 heavy (non-hydrogen) atoms. The van der Waals surface area contributed by atoms with Crippen molar-refractivity contribution < 1.29 is 4.42 Å². The molecule has 2 rings (SSSR count). The lowest BCUT2D eigenvalue weighted by molar-refractivity contribution is 0.557. The number of furan rings is 1. The Labute approximate surface area is 137 Å². The van der Waals surface area contributed by atoms with Gasteiger partial charge in [-0.25, -0.2) is 0 Å². The van der Waals surface area contributed by atoms with E-state index in [9.17, 15) is 0 Å². The van der Waals surface area contributed by atoms with E-state index in [2.05, 4.69) is 31.8 Å². The Morgan fingerprint density at radius 1 is 1.29 bits per heavy atom. The van der Waals surface area contributed by atoms with E-state index in [4.69, 9.17) is 16.6 Å². The minimum atomic E-state index is 0.433. The van der Waals surface area contributed by atoms with Crippen LogP contribution < -0.4 is 10.7 Å². The fourth-order valence-electron chi connectivity index (χ4n) is 1.46. The zero-order valence-corrected chi connectivity index (χ0v) is 13.7. The summed E-state index contributed by atoms with van der Waals surface area (Å²) in [7, 11) is 0. The van der Waals surface area contributed by atoms with Gasteiger partial charge in [0.2, 0.25) is 0 Å². The van der Waals surface area contributed by atoms with Gasteiger partial charge in [0.25, 0.3) is 0 Å². The van der Waals surface area contributed by atoms with Gasteiger partial charge in [-0.05, 0) is 67.7 Å². The second kappa shape index (κ2) is 7.75. The van der Waals surface area contributed by atoms with E-state index in [1.807, 2.05) is 55.5 Å². The molecule has 4 nitrogen and oxygen atoms in total. The highest BCUT2D eigenvalue weighted by Crippen LogP contribution is 2.13. The number of nitrogens with one attached hydrogen (secondary N) is 2. The largest absolute Gasteiger partial charge is 0.465 e. The van der Waals surface area contributed by atoms with Crippen molar-refractivity contribution in [2.45, 2.75) is 6.92 Å². The monoisotopic (exact) mass is 363 g/mol. The fourth-order valence-corrected chi connectivity index (χ4v) is 1.89. The molecule has 1 heterocycles. The number of thiocarbonyl (C=S) groups is 1. The van der Waals surface area contributed by atoms with Gasteiger partial charge in [0.05, 0.1) is 12.0 Å². The van der Waals surface area contributed by atoms with Crippen LogP contribution in [0.15, 0.2) is 62.7 Å². The summed E-state index contributed by atoms with van der Waals surface area (Å²) in [4.78, 5) is 0. The van der Waals surface area contributed by atoms with Crippen LogP contribution in [-0.2, 0) is 0 Å². The Morgan fingerprint density at radius 3 is 2.71 bits per heavy atom. The number of hydrogen-bond donors (Lipinski definition) is 2. The molecule has 0 radical (unpaired) electrons. The standard InChI is InChI=1S/C15H14BrN3OS/c1-11(4-9-14-3-2-10-20-14)18-19-15(21)17-13-7-5-12(16)6-8-13/h2-10H,1H3,(H2,17,19,21)/b9-4+,18-11+. The molecular formula is C15H14BrN3OS. The van der Waals surface area contributed by atoms with Crippen LogP contribution in [0.5, 0.6) is 0 Å². The number of anilines is 1. The Kier molecular flexibility index (Phi) is 5.71. The molecule has 6 heteroatoms. The summed E-state index contributed by atoms with van der Waals surface area (Å²) in [5.74, 6) is 0.778. The second-order valence-electron chi connectivity index (χ2n) is 4.17. The average Bonchev–Trinajstić information content (AvgIpc) is 2.99. The molecule has 1 aromatic carbocycles. The molecule has 0 amide bonds. The number of nitrogens with zero attached hydrogens (tertiary/aromatic N) is 1. The Hall–Kier alpha value is -1.92. The SMILES string of the molecule is CC(/C=C/c1ccco1)=N\NC(=S)Nc1ccc(Br)cc1. The number of hydrogen-bond acceptors (Lipinski definition) is 3. The molecular weight excluding hydrogens is 350 g/mol. The van der Waals surface area contributed by atoms with Crippen molar-refractivity contribution in [3.63, 3.8) is 0 Å². The summed E-state index contributed by atoms with van der Waals surface area (Å²) >= 11 is 8.55. The van der Waals surface area contributed by atoms with Gasteiger partial charge in [-0.3, -0.25) is 5.43 Å². The van der Waals surface area contributed by atoms with Gasteiger partial charge in [-0.15, -0.1) is 0 Å². The highest BCUT2D eigenvalue weighted by Gasteiger charge is 1.96. The number of hydrazone groups is 1. The molecule has 0 aliphatic heterocycles. The van der Waals surface area contributed by atoms with Gasteiger partial charge < -0.3 is 9.73 Å². The molecule has 0 aliphatic carbocycles. The van der Waals surface area contributed by atoms with Crippen LogP contribution >= 0.6 is 28.1 Å². The van der Waals surface area contributed by atoms with Crippen molar-refractivity contribution in [1.82, 2.24) is 5.43 Å². The predicted octanol–water partition coefficient (Wildman–Crippen LogP) is 4.42. The molecule has 2 aromatic rings. The molecule has 0 spiro atoms. The summed E-state index contributed by atoms with van der Waals surface area (Å²) in [6.07, 6.45) is 5.31. The number of allylic oxidation sites excluding steroid dienone is 1. The summed E-state index contributed by atoms with van der Waals surface area (Å²) in [5.41, 5.74) is 4.47. The summed E-state index contributed by atoms with van der Waals surface area (Å²) < 4.78 is 6.21. The first-order valence-electron chi connectivity index (χ1n) is 6.22. The van der Waals surface area contributed by atoms with Crippen molar-refractivity contribution in [2.75, 3.05) is 5.32 Å². The molecule has 0 aliphatic rings. The van der Waals surface area contributed by atoms with E-state index in [1.54, 1.807) is 6.26 Å². The summed E-state index contributed by atoms with van der Waals surface area (Å²) in [6.45, 7) is 1.87. The van der Waals surface area contributed by atoms with E-state index >= 15 is 0 Å². The molecule has 108 valence electrons. The molecule has 0 bridgehead atoms. The maximum Gasteiger partial charge on any atom is 0.191 e. The van der Waals surface area contributed by atoms with Crippen LogP contribution in [0.1, 0.15) is 12.7 Å². The Bertz CT molecular complexity index is 648. The van der Waals surface area contributed by atoms with Crippen LogP contribution in [0.2, 0.25) is 0 Å². The van der Waals surface area contributed by atoms with Crippen LogP contribution in [0.25, 0.3) is 6.08 Å². The fraction of sp³-hybridized carbons (Fsp3) is 0.0667. The van der Waals surface area contributed by atoms with E-state index in [0.717, 1.165) is 21.6 Å². The third-order valence-corrected chi connectivity index (χ3v) is 3.19. The van der Waals surface area contributed by atoms with Gasteiger partial charge >= 0.3 is 0 Å². The third kappa shape index (κ3) is 5.53. The maximum atomic E-state index is 5.19. The zero-order valence-electron chi connectivity index (χ0n) is 11.3. The normalized spacial score (nSPS) is 11.6. The lowest BCUT2D eigenvalue weighted by Gasteiger charge is -2.07. The van der Waals surface area contributed by atoms with Gasteiger partial charge in [-0.1, -0.05) is 15.9 Å². The molecule has 0 saturated heterocycles. The second-order valence-corrected chi connectivity index (χ2v) is 5.50. The first kappa shape index (κ1) is 15.5. The van der Waals surface area contributed by atoms with Crippen molar-refractivity contribution in [3.8, 4) is 0 Å². The predicted molar refractivity (Wildman–Crippen MR) is 94.3 cm³/mol. The molecule has 1 aromatic heterocycles. The van der Waals surface area contributed by atoms with Crippen LogP contribution in [0.3, 0.4) is 0 Å². The smallest absolute Gasteiger partial charge is 0.191 e. The van der Waals surface area contributed by atoms with E-state index in [0.29, 0.717) is 5.11 Å². The van der Waals surface area contributed by atoms with Gasteiger partial charge in [-0.2, -0.15) is 5.10 Å². The highest BCUT2D eigenvalue weighted by molar-refractivity contribution is 9.10.